The van der Waals surface area contributed by atoms with Crippen LogP contribution in [0.2, 0.25) is 0 Å². The van der Waals surface area contributed by atoms with Gasteiger partial charge in [-0.15, -0.1) is 0 Å². The largest absolute Gasteiger partial charge is 0.399 e. The number of pyridine rings is 2. The van der Waals surface area contributed by atoms with E-state index in [1.807, 2.05) is 55.0 Å². The van der Waals surface area contributed by atoms with Crippen LogP contribution in [0, 0.1) is 10.1 Å². The Kier molecular flexibility index (Phi) is 6.40. The van der Waals surface area contributed by atoms with Crippen LogP contribution in [0.3, 0.4) is 0 Å². The molecule has 0 saturated heterocycles. The number of nitrogens with two attached hydrogens (primary N) is 1. The van der Waals surface area contributed by atoms with E-state index in [9.17, 15) is 10.1 Å². The standard InChI is InChI=1S/C14H11N3O2.C14H13N3/c18-17(19)13-3-4-14-12(8-13)5-7-16(14)10-11-2-1-6-15-9-11;15-13-3-4-14-12(8-13)5-7-17(14)10-11-2-1-6-16-9-11/h1-9H,10H2;1-9H,10,15H2. The second kappa shape index (κ2) is 10.1. The van der Waals surface area contributed by atoms with Crippen molar-refractivity contribution < 1.29 is 4.92 Å². The van der Waals surface area contributed by atoms with Gasteiger partial charge >= 0.3 is 0 Å². The Balaban J connectivity index is 0.000000149. The van der Waals surface area contributed by atoms with Crippen LogP contribution < -0.4 is 5.73 Å². The third-order valence-electron chi connectivity index (χ3n) is 5.91. The predicted octanol–water partition coefficient (Wildman–Crippen LogP) is 5.66. The summed E-state index contributed by atoms with van der Waals surface area (Å²) in [6.45, 7) is 1.54. The van der Waals surface area contributed by atoms with Gasteiger partial charge in [0.25, 0.3) is 5.69 Å². The summed E-state index contributed by atoms with van der Waals surface area (Å²) in [5.41, 5.74) is 11.2. The second-order valence-corrected chi connectivity index (χ2v) is 8.43. The number of benzene rings is 2. The SMILES string of the molecule is Nc1ccc2c(ccn2Cc2cccnc2)c1.O=[N+]([O-])c1ccc2c(ccn2Cc2cccnc2)c1. The third-order valence-corrected chi connectivity index (χ3v) is 5.91. The maximum atomic E-state index is 10.7. The van der Waals surface area contributed by atoms with Crippen molar-refractivity contribution in [2.75, 3.05) is 5.73 Å². The highest BCUT2D eigenvalue weighted by molar-refractivity contribution is 5.83. The molecular formula is C28H24N6O2. The molecule has 0 fully saturated rings. The molecule has 0 bridgehead atoms. The monoisotopic (exact) mass is 476 g/mol. The molecule has 4 aromatic heterocycles. The summed E-state index contributed by atoms with van der Waals surface area (Å²) in [6, 6.07) is 22.8. The van der Waals surface area contributed by atoms with E-state index in [-0.39, 0.29) is 10.6 Å². The molecule has 8 nitrogen and oxygen atoms in total. The number of non-ortho nitro benzene ring substituents is 1. The number of nitro benzene ring substituents is 1. The Morgan fingerprint density at radius 3 is 1.83 bits per heavy atom. The van der Waals surface area contributed by atoms with Crippen LogP contribution in [0.15, 0.2) is 110 Å². The normalized spacial score (nSPS) is 10.8. The molecule has 0 aliphatic rings. The molecule has 0 aliphatic carbocycles. The molecule has 0 unspecified atom stereocenters. The highest BCUT2D eigenvalue weighted by atomic mass is 16.6. The zero-order valence-electron chi connectivity index (χ0n) is 19.4. The third kappa shape index (κ3) is 5.07. The van der Waals surface area contributed by atoms with Gasteiger partial charge in [0.15, 0.2) is 0 Å². The lowest BCUT2D eigenvalue weighted by atomic mass is 10.2. The average molecular weight is 477 g/mol. The van der Waals surface area contributed by atoms with E-state index in [1.54, 1.807) is 24.5 Å². The smallest absolute Gasteiger partial charge is 0.270 e. The number of nitrogen functional groups attached to an aromatic ring is 1. The van der Waals surface area contributed by atoms with Gasteiger partial charge in [-0.3, -0.25) is 20.1 Å². The molecule has 0 spiro atoms. The molecule has 6 rings (SSSR count). The fraction of sp³-hybridized carbons (Fsp3) is 0.0714. The first-order chi connectivity index (χ1) is 17.6. The van der Waals surface area contributed by atoms with Gasteiger partial charge in [-0.2, -0.15) is 0 Å². The number of hydrogen-bond acceptors (Lipinski definition) is 5. The Morgan fingerprint density at radius 2 is 1.31 bits per heavy atom. The van der Waals surface area contributed by atoms with Gasteiger partial charge in [0.1, 0.15) is 0 Å². The van der Waals surface area contributed by atoms with Gasteiger partial charge in [-0.1, -0.05) is 12.1 Å². The summed E-state index contributed by atoms with van der Waals surface area (Å²) >= 11 is 0. The Morgan fingerprint density at radius 1 is 0.750 bits per heavy atom. The molecule has 178 valence electrons. The molecule has 0 atom stereocenters. The molecule has 0 aliphatic heterocycles. The predicted molar refractivity (Wildman–Crippen MR) is 142 cm³/mol. The van der Waals surface area contributed by atoms with Crippen LogP contribution >= 0.6 is 0 Å². The maximum absolute atomic E-state index is 10.7. The first-order valence-electron chi connectivity index (χ1n) is 11.4. The minimum Gasteiger partial charge on any atom is -0.399 e. The van der Waals surface area contributed by atoms with Crippen LogP contribution in [0.25, 0.3) is 21.8 Å². The molecule has 4 heterocycles. The van der Waals surface area contributed by atoms with Gasteiger partial charge in [-0.05, 0) is 59.7 Å². The highest BCUT2D eigenvalue weighted by Gasteiger charge is 2.09. The lowest BCUT2D eigenvalue weighted by Gasteiger charge is -2.05. The summed E-state index contributed by atoms with van der Waals surface area (Å²) in [5.74, 6) is 0. The lowest BCUT2D eigenvalue weighted by molar-refractivity contribution is -0.384. The van der Waals surface area contributed by atoms with E-state index < -0.39 is 0 Å². The Labute approximate surface area is 207 Å². The van der Waals surface area contributed by atoms with E-state index in [4.69, 9.17) is 5.73 Å². The van der Waals surface area contributed by atoms with Crippen LogP contribution in [0.1, 0.15) is 11.1 Å². The number of aromatic nitrogens is 4. The number of fused-ring (bicyclic) bond motifs is 2. The van der Waals surface area contributed by atoms with Gasteiger partial charge in [-0.25, -0.2) is 0 Å². The van der Waals surface area contributed by atoms with Crippen molar-refractivity contribution in [2.24, 2.45) is 0 Å². The van der Waals surface area contributed by atoms with Crippen LogP contribution in [0.5, 0.6) is 0 Å². The molecule has 2 aromatic carbocycles. The highest BCUT2D eigenvalue weighted by Crippen LogP contribution is 2.23. The van der Waals surface area contributed by atoms with Gasteiger partial charge in [0.05, 0.1) is 4.92 Å². The second-order valence-electron chi connectivity index (χ2n) is 8.43. The topological polar surface area (TPSA) is 105 Å². The van der Waals surface area contributed by atoms with Crippen molar-refractivity contribution in [1.29, 1.82) is 0 Å². The maximum Gasteiger partial charge on any atom is 0.270 e. The molecule has 36 heavy (non-hydrogen) atoms. The fourth-order valence-electron chi connectivity index (χ4n) is 4.17. The summed E-state index contributed by atoms with van der Waals surface area (Å²) in [5, 5.41) is 12.8. The van der Waals surface area contributed by atoms with E-state index in [0.29, 0.717) is 6.54 Å². The molecule has 0 amide bonds. The number of hydrogen-bond donors (Lipinski definition) is 1. The first kappa shape index (κ1) is 22.8. The number of nitrogens with zero attached hydrogens (tertiary/aromatic N) is 5. The Hall–Kier alpha value is -4.98. The molecule has 2 N–H and O–H groups in total. The van der Waals surface area contributed by atoms with E-state index >= 15 is 0 Å². The summed E-state index contributed by atoms with van der Waals surface area (Å²) in [6.07, 6.45) is 11.2. The molecular weight excluding hydrogens is 452 g/mol. The van der Waals surface area contributed by atoms with Crippen molar-refractivity contribution in [3.8, 4) is 0 Å². The van der Waals surface area contributed by atoms with Crippen molar-refractivity contribution in [2.45, 2.75) is 13.1 Å². The molecule has 8 heteroatoms. The first-order valence-corrected chi connectivity index (χ1v) is 11.4. The number of nitro groups is 1. The summed E-state index contributed by atoms with van der Waals surface area (Å²) in [4.78, 5) is 18.6. The van der Waals surface area contributed by atoms with Crippen molar-refractivity contribution in [3.05, 3.63) is 131 Å². The number of anilines is 1. The van der Waals surface area contributed by atoms with Gasteiger partial charge in [0, 0.05) is 89.9 Å². The summed E-state index contributed by atoms with van der Waals surface area (Å²) < 4.78 is 4.25. The van der Waals surface area contributed by atoms with Crippen LogP contribution in [-0.4, -0.2) is 24.0 Å². The van der Waals surface area contributed by atoms with Crippen molar-refractivity contribution in [1.82, 2.24) is 19.1 Å². The van der Waals surface area contributed by atoms with Crippen molar-refractivity contribution >= 4 is 33.2 Å². The molecule has 0 saturated carbocycles. The van der Waals surface area contributed by atoms with Gasteiger partial charge in [0.2, 0.25) is 0 Å². The van der Waals surface area contributed by atoms with E-state index in [2.05, 4.69) is 43.5 Å². The summed E-state index contributed by atoms with van der Waals surface area (Å²) in [7, 11) is 0. The van der Waals surface area contributed by atoms with E-state index in [0.717, 1.165) is 28.7 Å². The Bertz CT molecular complexity index is 1620. The lowest BCUT2D eigenvalue weighted by Crippen LogP contribution is -1.98. The van der Waals surface area contributed by atoms with Gasteiger partial charge < -0.3 is 14.9 Å². The number of rotatable bonds is 5. The van der Waals surface area contributed by atoms with Crippen LogP contribution in [0.4, 0.5) is 11.4 Å². The zero-order valence-corrected chi connectivity index (χ0v) is 19.4. The fourth-order valence-corrected chi connectivity index (χ4v) is 4.17. The molecule has 6 aromatic rings. The quantitative estimate of drug-likeness (QED) is 0.196. The van der Waals surface area contributed by atoms with Crippen molar-refractivity contribution in [3.63, 3.8) is 0 Å². The minimum absolute atomic E-state index is 0.117. The average Bonchev–Trinajstić information content (AvgIpc) is 3.49. The zero-order chi connectivity index (χ0) is 24.9. The van der Waals surface area contributed by atoms with E-state index in [1.165, 1.54) is 22.5 Å². The minimum atomic E-state index is -0.377. The molecule has 0 radical (unpaired) electrons. The van der Waals surface area contributed by atoms with Crippen LogP contribution in [-0.2, 0) is 13.1 Å².